The number of nitrogens with one attached hydrogen (secondary N) is 1. The van der Waals surface area contributed by atoms with Crippen molar-refractivity contribution in [1.82, 2.24) is 29.1 Å². The molecule has 19 heavy (non-hydrogen) atoms. The van der Waals surface area contributed by atoms with Gasteiger partial charge in [-0.3, -0.25) is 4.57 Å². The summed E-state index contributed by atoms with van der Waals surface area (Å²) in [6, 6.07) is 0. The smallest absolute Gasteiger partial charge is 0.328 e. The minimum Gasteiger partial charge on any atom is -0.328 e. The van der Waals surface area contributed by atoms with Crippen molar-refractivity contribution in [2.75, 3.05) is 0 Å². The molecule has 7 nitrogen and oxygen atoms in total. The second-order valence-electron chi connectivity index (χ2n) is 4.42. The minimum atomic E-state index is -0.141. The highest BCUT2D eigenvalue weighted by molar-refractivity contribution is 9.10. The van der Waals surface area contributed by atoms with Crippen LogP contribution in [0.2, 0.25) is 0 Å². The number of aromatic nitrogens is 6. The molecule has 0 spiro atoms. The SMILES string of the molecule is CCCCn1c(=O)n2c(C)nnc2c2[nH]c(Br)nc21. The summed E-state index contributed by atoms with van der Waals surface area (Å²) >= 11 is 3.30. The van der Waals surface area contributed by atoms with Crippen molar-refractivity contribution in [3.63, 3.8) is 0 Å². The van der Waals surface area contributed by atoms with E-state index in [1.165, 1.54) is 4.40 Å². The Labute approximate surface area is 116 Å². The normalized spacial score (nSPS) is 11.7. The summed E-state index contributed by atoms with van der Waals surface area (Å²) in [7, 11) is 0. The summed E-state index contributed by atoms with van der Waals surface area (Å²) in [5.41, 5.74) is 1.72. The standard InChI is InChI=1S/C11H13BrN6O/c1-3-4-5-17-8-7(13-10(12)14-8)9-16-15-6(2)18(9)11(17)19/h3-5H2,1-2H3,(H,13,14). The second-order valence-corrected chi connectivity index (χ2v) is 5.17. The minimum absolute atomic E-state index is 0.141. The first-order valence-corrected chi connectivity index (χ1v) is 6.92. The monoisotopic (exact) mass is 324 g/mol. The maximum absolute atomic E-state index is 12.5. The van der Waals surface area contributed by atoms with Crippen molar-refractivity contribution < 1.29 is 0 Å². The van der Waals surface area contributed by atoms with Gasteiger partial charge in [0.05, 0.1) is 0 Å². The van der Waals surface area contributed by atoms with E-state index in [0.717, 1.165) is 18.4 Å². The van der Waals surface area contributed by atoms with E-state index in [0.29, 0.717) is 28.4 Å². The number of aryl methyl sites for hydroxylation is 2. The van der Waals surface area contributed by atoms with Crippen LogP contribution < -0.4 is 5.69 Å². The third-order valence-corrected chi connectivity index (χ3v) is 3.49. The van der Waals surface area contributed by atoms with Gasteiger partial charge in [-0.15, -0.1) is 10.2 Å². The van der Waals surface area contributed by atoms with Crippen molar-refractivity contribution in [2.24, 2.45) is 0 Å². The highest BCUT2D eigenvalue weighted by atomic mass is 79.9. The molecule has 3 rings (SSSR count). The first-order valence-electron chi connectivity index (χ1n) is 6.13. The molecule has 0 amide bonds. The largest absolute Gasteiger partial charge is 0.337 e. The molecule has 8 heteroatoms. The van der Waals surface area contributed by atoms with Gasteiger partial charge in [-0.2, -0.15) is 0 Å². The van der Waals surface area contributed by atoms with E-state index in [2.05, 4.69) is 43.0 Å². The van der Waals surface area contributed by atoms with Crippen LogP contribution in [0.3, 0.4) is 0 Å². The zero-order chi connectivity index (χ0) is 13.6. The lowest BCUT2D eigenvalue weighted by atomic mass is 10.3. The average Bonchev–Trinajstić information content (AvgIpc) is 2.93. The van der Waals surface area contributed by atoms with Gasteiger partial charge < -0.3 is 4.98 Å². The molecule has 1 N–H and O–H groups in total. The molecular weight excluding hydrogens is 312 g/mol. The van der Waals surface area contributed by atoms with Crippen LogP contribution in [0.1, 0.15) is 25.6 Å². The number of hydrogen-bond donors (Lipinski definition) is 1. The first-order chi connectivity index (χ1) is 9.13. The van der Waals surface area contributed by atoms with E-state index in [4.69, 9.17) is 0 Å². The van der Waals surface area contributed by atoms with Crippen molar-refractivity contribution >= 4 is 32.7 Å². The molecule has 0 aromatic carbocycles. The second kappa shape index (κ2) is 4.44. The van der Waals surface area contributed by atoms with Crippen LogP contribution in [0.4, 0.5) is 0 Å². The van der Waals surface area contributed by atoms with E-state index in [-0.39, 0.29) is 5.69 Å². The summed E-state index contributed by atoms with van der Waals surface area (Å²) < 4.78 is 3.77. The lowest BCUT2D eigenvalue weighted by Crippen LogP contribution is -2.28. The number of halogens is 1. The molecular formula is C11H13BrN6O. The summed E-state index contributed by atoms with van der Waals surface area (Å²) in [6.45, 7) is 4.49. The quantitative estimate of drug-likeness (QED) is 0.742. The molecule has 0 aliphatic heterocycles. The van der Waals surface area contributed by atoms with E-state index in [1.807, 2.05) is 0 Å². The third kappa shape index (κ3) is 1.78. The summed E-state index contributed by atoms with van der Waals surface area (Å²) in [5.74, 6) is 0.581. The van der Waals surface area contributed by atoms with Gasteiger partial charge in [0.25, 0.3) is 0 Å². The fourth-order valence-electron chi connectivity index (χ4n) is 2.17. The fourth-order valence-corrected chi connectivity index (χ4v) is 2.54. The number of H-pyrrole nitrogens is 1. The molecule has 0 saturated carbocycles. The number of hydrogen-bond acceptors (Lipinski definition) is 4. The number of nitrogens with zero attached hydrogens (tertiary/aromatic N) is 5. The van der Waals surface area contributed by atoms with Crippen LogP contribution in [0.15, 0.2) is 9.53 Å². The molecule has 0 saturated heterocycles. The van der Waals surface area contributed by atoms with Crippen molar-refractivity contribution in [2.45, 2.75) is 33.2 Å². The van der Waals surface area contributed by atoms with Gasteiger partial charge in [-0.25, -0.2) is 14.2 Å². The van der Waals surface area contributed by atoms with E-state index >= 15 is 0 Å². The van der Waals surface area contributed by atoms with Crippen molar-refractivity contribution in [1.29, 1.82) is 0 Å². The van der Waals surface area contributed by atoms with Gasteiger partial charge in [-0.1, -0.05) is 13.3 Å². The Morgan fingerprint density at radius 1 is 1.32 bits per heavy atom. The van der Waals surface area contributed by atoms with Crippen LogP contribution in [0.25, 0.3) is 16.8 Å². The Morgan fingerprint density at radius 3 is 2.84 bits per heavy atom. The van der Waals surface area contributed by atoms with Crippen LogP contribution in [-0.4, -0.2) is 29.1 Å². The Morgan fingerprint density at radius 2 is 2.11 bits per heavy atom. The number of rotatable bonds is 3. The van der Waals surface area contributed by atoms with Crippen LogP contribution >= 0.6 is 15.9 Å². The van der Waals surface area contributed by atoms with Gasteiger partial charge in [0, 0.05) is 6.54 Å². The predicted octanol–water partition coefficient (Wildman–Crippen LogP) is 1.64. The van der Waals surface area contributed by atoms with Gasteiger partial charge in [0.2, 0.25) is 0 Å². The molecule has 0 aliphatic rings. The van der Waals surface area contributed by atoms with E-state index < -0.39 is 0 Å². The first kappa shape index (κ1) is 12.3. The molecule has 0 atom stereocenters. The number of imidazole rings is 1. The Kier molecular flexibility index (Phi) is 2.89. The van der Waals surface area contributed by atoms with Gasteiger partial charge >= 0.3 is 5.69 Å². The average molecular weight is 325 g/mol. The van der Waals surface area contributed by atoms with Crippen LogP contribution in [-0.2, 0) is 6.54 Å². The molecule has 3 aromatic heterocycles. The van der Waals surface area contributed by atoms with Crippen molar-refractivity contribution in [3.8, 4) is 0 Å². The lowest BCUT2D eigenvalue weighted by molar-refractivity contribution is 0.608. The highest BCUT2D eigenvalue weighted by Crippen LogP contribution is 2.18. The van der Waals surface area contributed by atoms with Crippen molar-refractivity contribution in [3.05, 3.63) is 21.0 Å². The maximum Gasteiger partial charge on any atom is 0.337 e. The van der Waals surface area contributed by atoms with Gasteiger partial charge in [0.1, 0.15) is 11.3 Å². The molecule has 0 radical (unpaired) electrons. The fraction of sp³-hybridized carbons (Fsp3) is 0.455. The Bertz CT molecular complexity index is 814. The van der Waals surface area contributed by atoms with Crippen LogP contribution in [0.5, 0.6) is 0 Å². The van der Waals surface area contributed by atoms with E-state index in [9.17, 15) is 4.79 Å². The molecule has 0 unspecified atom stereocenters. The molecule has 0 fully saturated rings. The van der Waals surface area contributed by atoms with E-state index in [1.54, 1.807) is 11.5 Å². The molecule has 0 aliphatic carbocycles. The summed E-state index contributed by atoms with van der Waals surface area (Å²) in [6.07, 6.45) is 1.94. The summed E-state index contributed by atoms with van der Waals surface area (Å²) in [5, 5.41) is 8.02. The number of unbranched alkanes of at least 4 members (excludes halogenated alkanes) is 1. The molecule has 100 valence electrons. The number of aromatic amines is 1. The molecule has 0 bridgehead atoms. The zero-order valence-corrected chi connectivity index (χ0v) is 12.2. The Hall–Kier alpha value is -1.70. The van der Waals surface area contributed by atoms with Crippen LogP contribution in [0, 0.1) is 6.92 Å². The predicted molar refractivity (Wildman–Crippen MR) is 74.2 cm³/mol. The maximum atomic E-state index is 12.5. The number of fused-ring (bicyclic) bond motifs is 3. The molecule has 3 aromatic rings. The highest BCUT2D eigenvalue weighted by Gasteiger charge is 2.17. The van der Waals surface area contributed by atoms with Gasteiger partial charge in [0.15, 0.2) is 16.0 Å². The zero-order valence-electron chi connectivity index (χ0n) is 10.6. The molecule has 3 heterocycles. The topological polar surface area (TPSA) is 80.9 Å². The van der Waals surface area contributed by atoms with Gasteiger partial charge in [-0.05, 0) is 29.3 Å². The summed E-state index contributed by atoms with van der Waals surface area (Å²) in [4.78, 5) is 19.9. The third-order valence-electron chi connectivity index (χ3n) is 3.12. The Balaban J connectivity index is 2.45. The lowest BCUT2D eigenvalue weighted by Gasteiger charge is -2.06.